The Balaban J connectivity index is 2.01. The molecule has 1 amide bonds. The van der Waals surface area contributed by atoms with Gasteiger partial charge in [-0.3, -0.25) is 4.79 Å². The zero-order valence-electron chi connectivity index (χ0n) is 10.4. The van der Waals surface area contributed by atoms with Crippen LogP contribution in [-0.4, -0.2) is 5.91 Å². The number of aryl methyl sites for hydroxylation is 1. The number of amides is 1. The standard InChI is InChI=1S/C14H13ClFNOS/c1-2-12-11(15)7-13(19-12)14(18)17-8-9-4-3-5-10(16)6-9/h3-7H,2,8H2,1H3,(H,17,18). The summed E-state index contributed by atoms with van der Waals surface area (Å²) in [7, 11) is 0. The maximum atomic E-state index is 13.0. The molecule has 0 spiro atoms. The van der Waals surface area contributed by atoms with Crippen LogP contribution in [0.15, 0.2) is 30.3 Å². The van der Waals surface area contributed by atoms with E-state index in [2.05, 4.69) is 5.32 Å². The fourth-order valence-electron chi connectivity index (χ4n) is 1.68. The highest BCUT2D eigenvalue weighted by Gasteiger charge is 2.12. The van der Waals surface area contributed by atoms with Crippen molar-refractivity contribution in [3.05, 3.63) is 56.5 Å². The van der Waals surface area contributed by atoms with Gasteiger partial charge in [-0.2, -0.15) is 0 Å². The SMILES string of the molecule is CCc1sc(C(=O)NCc2cccc(F)c2)cc1Cl. The largest absolute Gasteiger partial charge is 0.347 e. The van der Waals surface area contributed by atoms with E-state index in [4.69, 9.17) is 11.6 Å². The lowest BCUT2D eigenvalue weighted by Crippen LogP contribution is -2.21. The van der Waals surface area contributed by atoms with Gasteiger partial charge in [0.15, 0.2) is 0 Å². The van der Waals surface area contributed by atoms with Crippen molar-refractivity contribution in [2.24, 2.45) is 0 Å². The lowest BCUT2D eigenvalue weighted by molar-refractivity contribution is 0.0955. The van der Waals surface area contributed by atoms with Crippen LogP contribution in [0.5, 0.6) is 0 Å². The van der Waals surface area contributed by atoms with Crippen molar-refractivity contribution in [3.8, 4) is 0 Å². The van der Waals surface area contributed by atoms with Gasteiger partial charge in [-0.05, 0) is 30.2 Å². The van der Waals surface area contributed by atoms with Gasteiger partial charge < -0.3 is 5.32 Å². The van der Waals surface area contributed by atoms with Crippen LogP contribution < -0.4 is 5.32 Å². The van der Waals surface area contributed by atoms with Crippen LogP contribution in [0.4, 0.5) is 4.39 Å². The summed E-state index contributed by atoms with van der Waals surface area (Å²) in [4.78, 5) is 13.5. The molecule has 0 saturated carbocycles. The molecular formula is C14H13ClFNOS. The molecule has 2 nitrogen and oxygen atoms in total. The molecule has 0 fully saturated rings. The molecule has 0 atom stereocenters. The van der Waals surface area contributed by atoms with Crippen molar-refractivity contribution in [1.29, 1.82) is 0 Å². The molecule has 2 aromatic rings. The Kier molecular flexibility index (Phi) is 4.56. The summed E-state index contributed by atoms with van der Waals surface area (Å²) in [6.45, 7) is 2.29. The first kappa shape index (κ1) is 14.0. The number of carbonyl (C=O) groups excluding carboxylic acids is 1. The van der Waals surface area contributed by atoms with E-state index in [-0.39, 0.29) is 11.7 Å². The second-order valence-electron chi connectivity index (χ2n) is 4.05. The van der Waals surface area contributed by atoms with E-state index in [0.29, 0.717) is 16.4 Å². The van der Waals surface area contributed by atoms with E-state index < -0.39 is 0 Å². The molecule has 0 aliphatic heterocycles. The van der Waals surface area contributed by atoms with Crippen LogP contribution in [0.2, 0.25) is 5.02 Å². The van der Waals surface area contributed by atoms with Crippen molar-refractivity contribution in [2.75, 3.05) is 0 Å². The molecule has 0 unspecified atom stereocenters. The first-order valence-electron chi connectivity index (χ1n) is 5.91. The molecule has 0 aliphatic carbocycles. The third kappa shape index (κ3) is 3.55. The Labute approximate surface area is 120 Å². The van der Waals surface area contributed by atoms with E-state index in [9.17, 15) is 9.18 Å². The quantitative estimate of drug-likeness (QED) is 0.907. The monoisotopic (exact) mass is 297 g/mol. The van der Waals surface area contributed by atoms with Gasteiger partial charge in [0.05, 0.1) is 9.90 Å². The molecule has 1 N–H and O–H groups in total. The van der Waals surface area contributed by atoms with Gasteiger partial charge in [-0.25, -0.2) is 4.39 Å². The van der Waals surface area contributed by atoms with Crippen LogP contribution in [0.3, 0.4) is 0 Å². The van der Waals surface area contributed by atoms with Gasteiger partial charge in [0, 0.05) is 11.4 Å². The van der Waals surface area contributed by atoms with E-state index >= 15 is 0 Å². The fourth-order valence-corrected chi connectivity index (χ4v) is 3.01. The molecule has 1 aromatic carbocycles. The third-order valence-corrected chi connectivity index (χ3v) is 4.37. The molecule has 0 aliphatic rings. The third-order valence-electron chi connectivity index (χ3n) is 2.64. The maximum absolute atomic E-state index is 13.0. The molecule has 100 valence electrons. The van der Waals surface area contributed by atoms with E-state index in [1.54, 1.807) is 18.2 Å². The molecule has 2 rings (SSSR count). The molecule has 0 radical (unpaired) electrons. The molecular weight excluding hydrogens is 285 g/mol. The first-order valence-corrected chi connectivity index (χ1v) is 7.10. The minimum atomic E-state index is -0.306. The highest BCUT2D eigenvalue weighted by Crippen LogP contribution is 2.27. The molecule has 5 heteroatoms. The van der Waals surface area contributed by atoms with Crippen LogP contribution >= 0.6 is 22.9 Å². The summed E-state index contributed by atoms with van der Waals surface area (Å²) in [5.41, 5.74) is 0.728. The molecule has 19 heavy (non-hydrogen) atoms. The first-order chi connectivity index (χ1) is 9.10. The van der Waals surface area contributed by atoms with Crippen LogP contribution in [0.25, 0.3) is 0 Å². The molecule has 1 heterocycles. The van der Waals surface area contributed by atoms with E-state index in [1.165, 1.54) is 23.5 Å². The van der Waals surface area contributed by atoms with Gasteiger partial charge in [0.1, 0.15) is 5.82 Å². The van der Waals surface area contributed by atoms with E-state index in [1.807, 2.05) is 6.92 Å². The lowest BCUT2D eigenvalue weighted by atomic mass is 10.2. The Hall–Kier alpha value is -1.39. The zero-order valence-corrected chi connectivity index (χ0v) is 11.9. The Morgan fingerprint density at radius 1 is 1.42 bits per heavy atom. The molecule has 1 aromatic heterocycles. The Bertz CT molecular complexity index is 597. The normalized spacial score (nSPS) is 10.5. The summed E-state index contributed by atoms with van der Waals surface area (Å²) in [5.74, 6) is -0.491. The average molecular weight is 298 g/mol. The summed E-state index contributed by atoms with van der Waals surface area (Å²) in [6.07, 6.45) is 0.806. The highest BCUT2D eigenvalue weighted by atomic mass is 35.5. The summed E-state index contributed by atoms with van der Waals surface area (Å²) in [5, 5.41) is 3.38. The average Bonchev–Trinajstić information content (AvgIpc) is 2.77. The zero-order chi connectivity index (χ0) is 13.8. The van der Waals surface area contributed by atoms with Crippen LogP contribution in [-0.2, 0) is 13.0 Å². The number of thiophene rings is 1. The second-order valence-corrected chi connectivity index (χ2v) is 5.59. The van der Waals surface area contributed by atoms with Crippen LogP contribution in [0.1, 0.15) is 27.0 Å². The number of benzene rings is 1. The molecule has 0 bridgehead atoms. The van der Waals surface area contributed by atoms with Crippen molar-refractivity contribution >= 4 is 28.8 Å². The van der Waals surface area contributed by atoms with Crippen molar-refractivity contribution < 1.29 is 9.18 Å². The second kappa shape index (κ2) is 6.17. The number of rotatable bonds is 4. The fraction of sp³-hybridized carbons (Fsp3) is 0.214. The summed E-state index contributed by atoms with van der Waals surface area (Å²) in [6, 6.07) is 7.83. The number of nitrogens with one attached hydrogen (secondary N) is 1. The predicted molar refractivity (Wildman–Crippen MR) is 76.3 cm³/mol. The van der Waals surface area contributed by atoms with Crippen molar-refractivity contribution in [1.82, 2.24) is 5.32 Å². The smallest absolute Gasteiger partial charge is 0.261 e. The van der Waals surface area contributed by atoms with Crippen molar-refractivity contribution in [3.63, 3.8) is 0 Å². The Morgan fingerprint density at radius 2 is 2.21 bits per heavy atom. The highest BCUT2D eigenvalue weighted by molar-refractivity contribution is 7.14. The Morgan fingerprint density at radius 3 is 2.84 bits per heavy atom. The van der Waals surface area contributed by atoms with Gasteiger partial charge >= 0.3 is 0 Å². The maximum Gasteiger partial charge on any atom is 0.261 e. The molecule has 0 saturated heterocycles. The van der Waals surface area contributed by atoms with Gasteiger partial charge in [0.25, 0.3) is 5.91 Å². The number of carbonyl (C=O) groups is 1. The van der Waals surface area contributed by atoms with Gasteiger partial charge in [-0.1, -0.05) is 30.7 Å². The topological polar surface area (TPSA) is 29.1 Å². The number of hydrogen-bond donors (Lipinski definition) is 1. The van der Waals surface area contributed by atoms with Gasteiger partial charge in [0.2, 0.25) is 0 Å². The van der Waals surface area contributed by atoms with E-state index in [0.717, 1.165) is 16.9 Å². The number of hydrogen-bond acceptors (Lipinski definition) is 2. The number of halogens is 2. The summed E-state index contributed by atoms with van der Waals surface area (Å²) >= 11 is 7.40. The van der Waals surface area contributed by atoms with Crippen LogP contribution in [0, 0.1) is 5.82 Å². The minimum Gasteiger partial charge on any atom is -0.347 e. The summed E-state index contributed by atoms with van der Waals surface area (Å²) < 4.78 is 13.0. The lowest BCUT2D eigenvalue weighted by Gasteiger charge is -2.03. The van der Waals surface area contributed by atoms with Gasteiger partial charge in [-0.15, -0.1) is 11.3 Å². The minimum absolute atomic E-state index is 0.184. The predicted octanol–water partition coefficient (Wildman–Crippen LogP) is 4.03. The van der Waals surface area contributed by atoms with Crippen molar-refractivity contribution in [2.45, 2.75) is 19.9 Å².